The van der Waals surface area contributed by atoms with Crippen molar-refractivity contribution in [1.82, 2.24) is 4.90 Å². The summed E-state index contributed by atoms with van der Waals surface area (Å²) in [5.74, 6) is -0.257. The lowest BCUT2D eigenvalue weighted by molar-refractivity contribution is -0.136. The molecule has 1 saturated heterocycles. The third-order valence-electron chi connectivity index (χ3n) is 4.87. The Kier molecular flexibility index (Phi) is 7.06. The lowest BCUT2D eigenvalue weighted by atomic mass is 10.1. The standard InChI is InChI=1S/C21H22Cl2N2O4S/c1-30(28,29)14-16-4-2-15(3-5-16)6-9-20(26)24-10-11-25(21(27)13-24)17-7-8-18(22)19(23)12-17/h2-5,7-8,12H,6,9-11,13-14H2,1H3. The minimum atomic E-state index is -3.08. The van der Waals surface area contributed by atoms with Crippen LogP contribution in [0.25, 0.3) is 0 Å². The molecule has 160 valence electrons. The van der Waals surface area contributed by atoms with E-state index in [1.807, 2.05) is 12.1 Å². The molecule has 0 bridgehead atoms. The van der Waals surface area contributed by atoms with Gasteiger partial charge in [-0.15, -0.1) is 0 Å². The molecule has 0 spiro atoms. The zero-order valence-electron chi connectivity index (χ0n) is 16.5. The molecule has 2 amide bonds. The van der Waals surface area contributed by atoms with Gasteiger partial charge < -0.3 is 9.80 Å². The maximum Gasteiger partial charge on any atom is 0.246 e. The van der Waals surface area contributed by atoms with Crippen molar-refractivity contribution < 1.29 is 18.0 Å². The molecule has 1 aliphatic rings. The maximum atomic E-state index is 12.6. The Morgan fingerprint density at radius 2 is 1.67 bits per heavy atom. The lowest BCUT2D eigenvalue weighted by Crippen LogP contribution is -2.52. The van der Waals surface area contributed by atoms with Gasteiger partial charge in [-0.1, -0.05) is 47.5 Å². The van der Waals surface area contributed by atoms with Crippen molar-refractivity contribution in [1.29, 1.82) is 0 Å². The summed E-state index contributed by atoms with van der Waals surface area (Å²) < 4.78 is 22.7. The second-order valence-corrected chi connectivity index (χ2v) is 10.3. The number of nitrogens with zero attached hydrogens (tertiary/aromatic N) is 2. The summed E-state index contributed by atoms with van der Waals surface area (Å²) in [5.41, 5.74) is 2.33. The van der Waals surface area contributed by atoms with Gasteiger partial charge in [-0.2, -0.15) is 0 Å². The van der Waals surface area contributed by atoms with Crippen molar-refractivity contribution in [3.05, 3.63) is 63.6 Å². The Balaban J connectivity index is 1.53. The third-order valence-corrected chi connectivity index (χ3v) is 6.46. The average Bonchev–Trinajstić information content (AvgIpc) is 2.68. The molecule has 2 aromatic rings. The first kappa shape index (κ1) is 22.6. The number of aryl methyl sites for hydroxylation is 1. The van der Waals surface area contributed by atoms with Gasteiger partial charge in [0.1, 0.15) is 6.54 Å². The molecule has 3 rings (SSSR count). The topological polar surface area (TPSA) is 74.8 Å². The number of hydrogen-bond donors (Lipinski definition) is 0. The van der Waals surface area contributed by atoms with Gasteiger partial charge in [-0.05, 0) is 35.7 Å². The van der Waals surface area contributed by atoms with E-state index in [-0.39, 0.29) is 30.5 Å². The molecule has 0 unspecified atom stereocenters. The van der Waals surface area contributed by atoms with Crippen LogP contribution in [0.4, 0.5) is 5.69 Å². The summed E-state index contributed by atoms with van der Waals surface area (Å²) in [6.07, 6.45) is 2.01. The second kappa shape index (κ2) is 9.37. The first-order valence-corrected chi connectivity index (χ1v) is 12.2. The number of hydrogen-bond acceptors (Lipinski definition) is 4. The number of rotatable bonds is 6. The predicted molar refractivity (Wildman–Crippen MR) is 119 cm³/mol. The summed E-state index contributed by atoms with van der Waals surface area (Å²) >= 11 is 12.0. The Bertz CT molecular complexity index is 1060. The summed E-state index contributed by atoms with van der Waals surface area (Å²) in [4.78, 5) is 28.3. The summed E-state index contributed by atoms with van der Waals surface area (Å²) in [7, 11) is -3.08. The number of piperazine rings is 1. The largest absolute Gasteiger partial charge is 0.332 e. The molecule has 1 fully saturated rings. The fourth-order valence-electron chi connectivity index (χ4n) is 3.33. The van der Waals surface area contributed by atoms with Crippen LogP contribution in [0.1, 0.15) is 17.5 Å². The molecule has 0 aromatic heterocycles. The van der Waals surface area contributed by atoms with Gasteiger partial charge in [-0.25, -0.2) is 8.42 Å². The van der Waals surface area contributed by atoms with Gasteiger partial charge in [0.05, 0.1) is 15.8 Å². The number of amides is 2. The molecule has 2 aromatic carbocycles. The average molecular weight is 469 g/mol. The van der Waals surface area contributed by atoms with Crippen LogP contribution >= 0.6 is 23.2 Å². The molecule has 0 radical (unpaired) electrons. The summed E-state index contributed by atoms with van der Waals surface area (Å²) in [6.45, 7) is 0.854. The molecule has 0 aliphatic carbocycles. The SMILES string of the molecule is CS(=O)(=O)Cc1ccc(CCC(=O)N2CCN(c3ccc(Cl)c(Cl)c3)C(=O)C2)cc1. The highest BCUT2D eigenvalue weighted by Gasteiger charge is 2.28. The van der Waals surface area contributed by atoms with E-state index in [1.54, 1.807) is 40.1 Å². The second-order valence-electron chi connectivity index (χ2n) is 7.35. The molecule has 9 heteroatoms. The first-order valence-electron chi connectivity index (χ1n) is 9.41. The van der Waals surface area contributed by atoms with Crippen LogP contribution in [0.2, 0.25) is 10.0 Å². The number of carbonyl (C=O) groups excluding carboxylic acids is 2. The van der Waals surface area contributed by atoms with Crippen LogP contribution in [0.5, 0.6) is 0 Å². The normalized spacial score (nSPS) is 14.8. The van der Waals surface area contributed by atoms with E-state index in [1.165, 1.54) is 6.26 Å². The fraction of sp³-hybridized carbons (Fsp3) is 0.333. The molecule has 1 aliphatic heterocycles. The zero-order valence-corrected chi connectivity index (χ0v) is 18.8. The Morgan fingerprint density at radius 3 is 2.27 bits per heavy atom. The first-order chi connectivity index (χ1) is 14.1. The van der Waals surface area contributed by atoms with Crippen LogP contribution in [0.3, 0.4) is 0 Å². The van der Waals surface area contributed by atoms with E-state index >= 15 is 0 Å². The van der Waals surface area contributed by atoms with Crippen molar-refractivity contribution in [2.75, 3.05) is 30.8 Å². The molecular formula is C21H22Cl2N2O4S. The van der Waals surface area contributed by atoms with Crippen molar-refractivity contribution in [3.8, 4) is 0 Å². The summed E-state index contributed by atoms with van der Waals surface area (Å²) in [5, 5.41) is 0.800. The molecule has 30 heavy (non-hydrogen) atoms. The van der Waals surface area contributed by atoms with E-state index < -0.39 is 9.84 Å². The fourth-order valence-corrected chi connectivity index (χ4v) is 4.42. The van der Waals surface area contributed by atoms with Gasteiger partial charge in [0.15, 0.2) is 9.84 Å². The molecule has 1 heterocycles. The smallest absolute Gasteiger partial charge is 0.246 e. The van der Waals surface area contributed by atoms with Crippen molar-refractivity contribution in [3.63, 3.8) is 0 Å². The van der Waals surface area contributed by atoms with Crippen molar-refractivity contribution in [2.45, 2.75) is 18.6 Å². The predicted octanol–water partition coefficient (Wildman–Crippen LogP) is 3.35. The van der Waals surface area contributed by atoms with Gasteiger partial charge in [-0.3, -0.25) is 9.59 Å². The Hall–Kier alpha value is -2.09. The molecule has 0 atom stereocenters. The number of sulfone groups is 1. The molecule has 0 saturated carbocycles. The monoisotopic (exact) mass is 468 g/mol. The van der Waals surface area contributed by atoms with Crippen LogP contribution in [-0.4, -0.2) is 51.0 Å². The van der Waals surface area contributed by atoms with E-state index in [0.29, 0.717) is 35.2 Å². The van der Waals surface area contributed by atoms with E-state index in [9.17, 15) is 18.0 Å². The van der Waals surface area contributed by atoms with Gasteiger partial charge in [0.2, 0.25) is 11.8 Å². The van der Waals surface area contributed by atoms with Gasteiger partial charge in [0.25, 0.3) is 0 Å². The van der Waals surface area contributed by atoms with Crippen LogP contribution < -0.4 is 4.90 Å². The number of halogens is 2. The maximum absolute atomic E-state index is 12.6. The Morgan fingerprint density at radius 1 is 1.00 bits per heavy atom. The highest BCUT2D eigenvalue weighted by Crippen LogP contribution is 2.28. The highest BCUT2D eigenvalue weighted by atomic mass is 35.5. The van der Waals surface area contributed by atoms with E-state index in [4.69, 9.17) is 23.2 Å². The van der Waals surface area contributed by atoms with Crippen LogP contribution in [0.15, 0.2) is 42.5 Å². The minimum Gasteiger partial charge on any atom is -0.332 e. The van der Waals surface area contributed by atoms with Gasteiger partial charge in [0, 0.05) is 31.5 Å². The zero-order chi connectivity index (χ0) is 21.9. The number of benzene rings is 2. The van der Waals surface area contributed by atoms with Gasteiger partial charge >= 0.3 is 0 Å². The Labute approximate surface area is 186 Å². The third kappa shape index (κ3) is 5.97. The van der Waals surface area contributed by atoms with Crippen LogP contribution in [0, 0.1) is 0 Å². The number of anilines is 1. The van der Waals surface area contributed by atoms with E-state index in [0.717, 1.165) is 11.1 Å². The molecule has 0 N–H and O–H groups in total. The van der Waals surface area contributed by atoms with Crippen LogP contribution in [-0.2, 0) is 31.6 Å². The molecule has 6 nitrogen and oxygen atoms in total. The van der Waals surface area contributed by atoms with Crippen molar-refractivity contribution >= 4 is 50.5 Å². The highest BCUT2D eigenvalue weighted by molar-refractivity contribution is 7.89. The summed E-state index contributed by atoms with van der Waals surface area (Å²) in [6, 6.07) is 12.2. The van der Waals surface area contributed by atoms with E-state index in [2.05, 4.69) is 0 Å². The van der Waals surface area contributed by atoms with Crippen molar-refractivity contribution in [2.24, 2.45) is 0 Å². The number of carbonyl (C=O) groups is 2. The quantitative estimate of drug-likeness (QED) is 0.651. The lowest BCUT2D eigenvalue weighted by Gasteiger charge is -2.34. The molecular weight excluding hydrogens is 447 g/mol. The minimum absolute atomic E-state index is 0.00255.